The number of hydrogen-bond acceptors (Lipinski definition) is 3. The number of rotatable bonds is 3. The van der Waals surface area contributed by atoms with Crippen molar-refractivity contribution in [3.8, 4) is 0 Å². The van der Waals surface area contributed by atoms with Gasteiger partial charge in [0.2, 0.25) is 0 Å². The van der Waals surface area contributed by atoms with Crippen molar-refractivity contribution in [2.24, 2.45) is 0 Å². The highest BCUT2D eigenvalue weighted by Crippen LogP contribution is 2.16. The summed E-state index contributed by atoms with van der Waals surface area (Å²) in [5.41, 5.74) is 6.29. The van der Waals surface area contributed by atoms with Crippen LogP contribution in [0.5, 0.6) is 0 Å². The van der Waals surface area contributed by atoms with Crippen LogP contribution < -0.4 is 5.73 Å². The molecule has 1 aromatic heterocycles. The van der Waals surface area contributed by atoms with Crippen molar-refractivity contribution in [2.75, 3.05) is 12.4 Å². The molecule has 0 aliphatic rings. The monoisotopic (exact) mass is 172 g/mol. The highest BCUT2D eigenvalue weighted by Gasteiger charge is 2.10. The van der Waals surface area contributed by atoms with Crippen LogP contribution in [-0.2, 0) is 6.54 Å². The Balaban J connectivity index is 2.85. The molecule has 0 atom stereocenters. The third kappa shape index (κ3) is 1.72. The molecule has 5 heteroatoms. The van der Waals surface area contributed by atoms with Crippen LogP contribution >= 0.6 is 0 Å². The highest BCUT2D eigenvalue weighted by atomic mass is 19.1. The van der Waals surface area contributed by atoms with Crippen LogP contribution in [0.25, 0.3) is 0 Å². The summed E-state index contributed by atoms with van der Waals surface area (Å²) >= 11 is 0. The van der Waals surface area contributed by atoms with Gasteiger partial charge in [0.1, 0.15) is 12.4 Å². The molecule has 0 amide bonds. The third-order valence-corrected chi connectivity index (χ3v) is 1.54. The predicted molar refractivity (Wildman–Crippen MR) is 44.5 cm³/mol. The SMILES string of the molecule is CC(C)c1nn(CCF)nc1N. The Hall–Kier alpha value is -1.13. The van der Waals surface area contributed by atoms with Gasteiger partial charge in [-0.1, -0.05) is 13.8 Å². The molecule has 1 heterocycles. The Morgan fingerprint density at radius 1 is 1.50 bits per heavy atom. The number of anilines is 1. The molecule has 0 bridgehead atoms. The molecule has 0 fully saturated rings. The fraction of sp³-hybridized carbons (Fsp3) is 0.714. The smallest absolute Gasteiger partial charge is 0.169 e. The molecule has 0 aromatic carbocycles. The van der Waals surface area contributed by atoms with E-state index in [1.54, 1.807) is 0 Å². The molecule has 0 unspecified atom stereocenters. The van der Waals surface area contributed by atoms with Gasteiger partial charge in [0.15, 0.2) is 5.82 Å². The number of nitrogens with two attached hydrogens (primary N) is 1. The summed E-state index contributed by atoms with van der Waals surface area (Å²) < 4.78 is 11.9. The molecule has 2 N–H and O–H groups in total. The van der Waals surface area contributed by atoms with Gasteiger partial charge in [-0.15, -0.1) is 5.10 Å². The minimum atomic E-state index is -0.467. The van der Waals surface area contributed by atoms with E-state index in [1.807, 2.05) is 13.8 Å². The maximum absolute atomic E-state index is 11.9. The van der Waals surface area contributed by atoms with Gasteiger partial charge in [-0.05, 0) is 0 Å². The lowest BCUT2D eigenvalue weighted by Crippen LogP contribution is -2.04. The van der Waals surface area contributed by atoms with Gasteiger partial charge in [0.25, 0.3) is 0 Å². The fourth-order valence-electron chi connectivity index (χ4n) is 0.960. The summed E-state index contributed by atoms with van der Waals surface area (Å²) in [6.45, 7) is 3.66. The molecule has 0 spiro atoms. The largest absolute Gasteiger partial charge is 0.381 e. The maximum Gasteiger partial charge on any atom is 0.169 e. The zero-order valence-electron chi connectivity index (χ0n) is 7.29. The van der Waals surface area contributed by atoms with E-state index in [9.17, 15) is 4.39 Å². The predicted octanol–water partition coefficient (Wildman–Crippen LogP) is 0.953. The summed E-state index contributed by atoms with van der Waals surface area (Å²) in [5, 5.41) is 7.90. The molecule has 68 valence electrons. The normalized spacial score (nSPS) is 11.0. The number of aromatic nitrogens is 3. The van der Waals surface area contributed by atoms with E-state index >= 15 is 0 Å². The van der Waals surface area contributed by atoms with Crippen molar-refractivity contribution in [1.29, 1.82) is 0 Å². The third-order valence-electron chi connectivity index (χ3n) is 1.54. The standard InChI is InChI=1S/C7H13FN4/c1-5(2)6-7(9)11-12(10-6)4-3-8/h5H,3-4H2,1-2H3,(H2,9,11). The Labute approximate surface area is 70.6 Å². The number of halogens is 1. The Morgan fingerprint density at radius 3 is 2.58 bits per heavy atom. The molecule has 0 aliphatic carbocycles. The first-order valence-electron chi connectivity index (χ1n) is 3.91. The zero-order chi connectivity index (χ0) is 9.14. The first-order chi connectivity index (χ1) is 5.65. The quantitative estimate of drug-likeness (QED) is 0.738. The molecule has 0 aliphatic heterocycles. The van der Waals surface area contributed by atoms with E-state index in [0.717, 1.165) is 5.69 Å². The fourth-order valence-corrected chi connectivity index (χ4v) is 0.960. The second kappa shape index (κ2) is 3.51. The van der Waals surface area contributed by atoms with Crippen LogP contribution in [0.4, 0.5) is 10.2 Å². The second-order valence-electron chi connectivity index (χ2n) is 2.91. The van der Waals surface area contributed by atoms with E-state index in [1.165, 1.54) is 4.80 Å². The molecule has 1 rings (SSSR count). The lowest BCUT2D eigenvalue weighted by atomic mass is 10.1. The average molecular weight is 172 g/mol. The lowest BCUT2D eigenvalue weighted by molar-refractivity contribution is 0.400. The van der Waals surface area contributed by atoms with E-state index in [0.29, 0.717) is 5.82 Å². The van der Waals surface area contributed by atoms with Crippen LogP contribution in [-0.4, -0.2) is 21.7 Å². The van der Waals surface area contributed by atoms with E-state index in [-0.39, 0.29) is 12.5 Å². The van der Waals surface area contributed by atoms with Crippen LogP contribution in [0.15, 0.2) is 0 Å². The van der Waals surface area contributed by atoms with E-state index < -0.39 is 6.67 Å². The molecular formula is C7H13FN4. The summed E-state index contributed by atoms with van der Waals surface area (Å²) in [7, 11) is 0. The maximum atomic E-state index is 11.9. The van der Waals surface area contributed by atoms with Crippen molar-refractivity contribution in [2.45, 2.75) is 26.3 Å². The van der Waals surface area contributed by atoms with Gasteiger partial charge in [-0.25, -0.2) is 4.39 Å². The van der Waals surface area contributed by atoms with Crippen molar-refractivity contribution in [3.05, 3.63) is 5.69 Å². The summed E-state index contributed by atoms with van der Waals surface area (Å²) in [4.78, 5) is 1.30. The van der Waals surface area contributed by atoms with Crippen molar-refractivity contribution in [1.82, 2.24) is 15.0 Å². The summed E-state index contributed by atoms with van der Waals surface area (Å²) in [6.07, 6.45) is 0. The van der Waals surface area contributed by atoms with Crippen LogP contribution in [0, 0.1) is 0 Å². The first kappa shape index (κ1) is 8.96. The topological polar surface area (TPSA) is 56.7 Å². The van der Waals surface area contributed by atoms with Gasteiger partial charge < -0.3 is 5.73 Å². The van der Waals surface area contributed by atoms with Crippen molar-refractivity contribution >= 4 is 5.82 Å². The summed E-state index contributed by atoms with van der Waals surface area (Å²) in [6, 6.07) is 0. The summed E-state index contributed by atoms with van der Waals surface area (Å²) in [5.74, 6) is 0.636. The van der Waals surface area contributed by atoms with E-state index in [4.69, 9.17) is 5.73 Å². The number of aryl methyl sites for hydroxylation is 1. The Kier molecular flexibility index (Phi) is 2.62. The Morgan fingerprint density at radius 2 is 2.17 bits per heavy atom. The van der Waals surface area contributed by atoms with Gasteiger partial charge in [-0.2, -0.15) is 9.90 Å². The van der Waals surface area contributed by atoms with Crippen LogP contribution in [0.3, 0.4) is 0 Å². The zero-order valence-corrected chi connectivity index (χ0v) is 7.29. The van der Waals surface area contributed by atoms with E-state index in [2.05, 4.69) is 10.2 Å². The minimum Gasteiger partial charge on any atom is -0.381 e. The average Bonchev–Trinajstić information content (AvgIpc) is 2.32. The second-order valence-corrected chi connectivity index (χ2v) is 2.91. The molecule has 1 aromatic rings. The Bertz CT molecular complexity index is 256. The van der Waals surface area contributed by atoms with Crippen molar-refractivity contribution < 1.29 is 4.39 Å². The molecular weight excluding hydrogens is 159 g/mol. The van der Waals surface area contributed by atoms with Crippen LogP contribution in [0.1, 0.15) is 25.5 Å². The van der Waals surface area contributed by atoms with Crippen molar-refractivity contribution in [3.63, 3.8) is 0 Å². The number of nitrogen functional groups attached to an aromatic ring is 1. The van der Waals surface area contributed by atoms with Crippen LogP contribution in [0.2, 0.25) is 0 Å². The molecule has 0 radical (unpaired) electrons. The molecule has 0 saturated heterocycles. The molecule has 4 nitrogen and oxygen atoms in total. The number of hydrogen-bond donors (Lipinski definition) is 1. The number of nitrogens with zero attached hydrogens (tertiary/aromatic N) is 3. The van der Waals surface area contributed by atoms with Gasteiger partial charge in [0.05, 0.1) is 6.54 Å². The molecule has 0 saturated carbocycles. The molecule has 12 heavy (non-hydrogen) atoms. The highest BCUT2D eigenvalue weighted by molar-refractivity contribution is 5.34. The van der Waals surface area contributed by atoms with Gasteiger partial charge in [0, 0.05) is 5.92 Å². The lowest BCUT2D eigenvalue weighted by Gasteiger charge is -1.97. The number of alkyl halides is 1. The first-order valence-corrected chi connectivity index (χ1v) is 3.91. The minimum absolute atomic E-state index is 0.177. The van der Waals surface area contributed by atoms with Gasteiger partial charge in [-0.3, -0.25) is 0 Å². The van der Waals surface area contributed by atoms with Gasteiger partial charge >= 0.3 is 0 Å².